The highest BCUT2D eigenvalue weighted by molar-refractivity contribution is 5.61. The summed E-state index contributed by atoms with van der Waals surface area (Å²) >= 11 is 0. The Labute approximate surface area is 118 Å². The van der Waals surface area contributed by atoms with Crippen LogP contribution in [-0.2, 0) is 4.74 Å². The van der Waals surface area contributed by atoms with Gasteiger partial charge in [0.1, 0.15) is 11.6 Å². The van der Waals surface area contributed by atoms with Crippen LogP contribution in [0.4, 0.5) is 11.6 Å². The lowest BCUT2D eigenvalue weighted by Gasteiger charge is -2.19. The molecule has 2 aromatic rings. The molecule has 0 atom stereocenters. The zero-order chi connectivity index (χ0) is 14.4. The van der Waals surface area contributed by atoms with Gasteiger partial charge in [-0.2, -0.15) is 0 Å². The number of benzene rings is 1. The van der Waals surface area contributed by atoms with E-state index in [-0.39, 0.29) is 0 Å². The van der Waals surface area contributed by atoms with E-state index in [0.29, 0.717) is 18.2 Å². The first-order valence-electron chi connectivity index (χ1n) is 6.36. The highest BCUT2D eigenvalue weighted by atomic mass is 16.5. The first kappa shape index (κ1) is 14.2. The fourth-order valence-corrected chi connectivity index (χ4v) is 1.76. The summed E-state index contributed by atoms with van der Waals surface area (Å²) in [5.41, 5.74) is 3.53. The molecular weight excluding hydrogens is 254 g/mol. The van der Waals surface area contributed by atoms with Crippen molar-refractivity contribution in [2.24, 2.45) is 5.84 Å². The van der Waals surface area contributed by atoms with Gasteiger partial charge in [0.05, 0.1) is 6.61 Å². The van der Waals surface area contributed by atoms with Gasteiger partial charge in [-0.15, -0.1) is 0 Å². The van der Waals surface area contributed by atoms with Crippen LogP contribution in [0.25, 0.3) is 11.4 Å². The molecule has 6 nitrogen and oxygen atoms in total. The van der Waals surface area contributed by atoms with Crippen molar-refractivity contribution in [2.75, 3.05) is 37.6 Å². The van der Waals surface area contributed by atoms with Crippen molar-refractivity contribution in [3.63, 3.8) is 0 Å². The molecule has 0 saturated heterocycles. The molecule has 0 amide bonds. The Morgan fingerprint density at radius 1 is 1.25 bits per heavy atom. The largest absolute Gasteiger partial charge is 0.383 e. The van der Waals surface area contributed by atoms with Crippen LogP contribution in [0, 0.1) is 0 Å². The summed E-state index contributed by atoms with van der Waals surface area (Å²) in [4.78, 5) is 10.9. The lowest BCUT2D eigenvalue weighted by Crippen LogP contribution is -2.24. The number of aromatic nitrogens is 2. The van der Waals surface area contributed by atoms with Crippen LogP contribution >= 0.6 is 0 Å². The lowest BCUT2D eigenvalue weighted by molar-refractivity contribution is 0.206. The zero-order valence-corrected chi connectivity index (χ0v) is 11.7. The monoisotopic (exact) mass is 273 g/mol. The molecule has 1 heterocycles. The number of hydrogen-bond donors (Lipinski definition) is 2. The average Bonchev–Trinajstić information content (AvgIpc) is 2.52. The molecule has 0 saturated carbocycles. The van der Waals surface area contributed by atoms with Crippen LogP contribution in [0.15, 0.2) is 36.4 Å². The number of nitrogens with zero attached hydrogens (tertiary/aromatic N) is 3. The minimum atomic E-state index is 0.582. The maximum absolute atomic E-state index is 5.48. The Bertz CT molecular complexity index is 547. The van der Waals surface area contributed by atoms with E-state index in [1.165, 1.54) is 0 Å². The number of ether oxygens (including phenoxy) is 1. The Morgan fingerprint density at radius 2 is 2.00 bits per heavy atom. The molecule has 3 N–H and O–H groups in total. The topological polar surface area (TPSA) is 76.3 Å². The number of nitrogens with one attached hydrogen (secondary N) is 1. The standard InChI is InChI=1S/C14H19N5O/c1-19(8-9-20-2)13-10-12(18-15)16-14(17-13)11-6-4-3-5-7-11/h3-7,10H,8-9,15H2,1-2H3,(H,16,17,18). The second-order valence-electron chi connectivity index (χ2n) is 4.36. The van der Waals surface area contributed by atoms with Gasteiger partial charge in [0.25, 0.3) is 0 Å². The van der Waals surface area contributed by atoms with Crippen molar-refractivity contribution in [1.29, 1.82) is 0 Å². The third-order valence-electron chi connectivity index (χ3n) is 2.91. The number of hydrogen-bond acceptors (Lipinski definition) is 6. The van der Waals surface area contributed by atoms with Crippen molar-refractivity contribution >= 4 is 11.6 Å². The van der Waals surface area contributed by atoms with Crippen LogP contribution in [0.1, 0.15) is 0 Å². The molecule has 0 aliphatic heterocycles. The van der Waals surface area contributed by atoms with Gasteiger partial charge in [-0.1, -0.05) is 30.3 Å². The Hall–Kier alpha value is -2.18. The van der Waals surface area contributed by atoms with Crippen LogP contribution in [0.2, 0.25) is 0 Å². The summed E-state index contributed by atoms with van der Waals surface area (Å²) in [6.07, 6.45) is 0. The predicted molar refractivity (Wildman–Crippen MR) is 80.4 cm³/mol. The molecule has 0 fully saturated rings. The van der Waals surface area contributed by atoms with E-state index >= 15 is 0 Å². The second kappa shape index (κ2) is 6.83. The molecular formula is C14H19N5O. The normalized spacial score (nSPS) is 10.3. The maximum Gasteiger partial charge on any atom is 0.163 e. The molecule has 20 heavy (non-hydrogen) atoms. The smallest absolute Gasteiger partial charge is 0.163 e. The summed E-state index contributed by atoms with van der Waals surface area (Å²) in [7, 11) is 3.63. The predicted octanol–water partition coefficient (Wildman–Crippen LogP) is 1.51. The SMILES string of the molecule is COCCN(C)c1cc(NN)nc(-c2ccccc2)n1. The van der Waals surface area contributed by atoms with Crippen molar-refractivity contribution in [1.82, 2.24) is 9.97 Å². The second-order valence-corrected chi connectivity index (χ2v) is 4.36. The van der Waals surface area contributed by atoms with Gasteiger partial charge < -0.3 is 15.1 Å². The van der Waals surface area contributed by atoms with Gasteiger partial charge in [0.2, 0.25) is 0 Å². The van der Waals surface area contributed by atoms with E-state index in [0.717, 1.165) is 17.9 Å². The van der Waals surface area contributed by atoms with Gasteiger partial charge in [-0.05, 0) is 0 Å². The fourth-order valence-electron chi connectivity index (χ4n) is 1.76. The van der Waals surface area contributed by atoms with Gasteiger partial charge in [-0.25, -0.2) is 15.8 Å². The minimum Gasteiger partial charge on any atom is -0.383 e. The minimum absolute atomic E-state index is 0.582. The van der Waals surface area contributed by atoms with Crippen LogP contribution < -0.4 is 16.2 Å². The van der Waals surface area contributed by atoms with Crippen molar-refractivity contribution in [3.05, 3.63) is 36.4 Å². The molecule has 1 aromatic carbocycles. The molecule has 6 heteroatoms. The molecule has 0 aliphatic rings. The number of methoxy groups -OCH3 is 1. The quantitative estimate of drug-likeness (QED) is 0.614. The number of anilines is 2. The van der Waals surface area contributed by atoms with Crippen LogP contribution in [-0.4, -0.2) is 37.3 Å². The average molecular weight is 273 g/mol. The van der Waals surface area contributed by atoms with Crippen molar-refractivity contribution < 1.29 is 4.74 Å². The number of nitrogen functional groups attached to an aromatic ring is 1. The fraction of sp³-hybridized carbons (Fsp3) is 0.286. The van der Waals surface area contributed by atoms with Gasteiger partial charge in [0, 0.05) is 32.3 Å². The summed E-state index contributed by atoms with van der Waals surface area (Å²) in [5, 5.41) is 0. The highest BCUT2D eigenvalue weighted by Gasteiger charge is 2.09. The Kier molecular flexibility index (Phi) is 4.86. The molecule has 0 spiro atoms. The first-order chi connectivity index (χ1) is 9.74. The molecule has 0 unspecified atom stereocenters. The zero-order valence-electron chi connectivity index (χ0n) is 11.7. The summed E-state index contributed by atoms with van der Waals surface area (Å²) in [5.74, 6) is 7.50. The summed E-state index contributed by atoms with van der Waals surface area (Å²) < 4.78 is 5.08. The summed E-state index contributed by atoms with van der Waals surface area (Å²) in [6, 6.07) is 11.6. The molecule has 2 rings (SSSR count). The lowest BCUT2D eigenvalue weighted by atomic mass is 10.2. The van der Waals surface area contributed by atoms with E-state index < -0.39 is 0 Å². The van der Waals surface area contributed by atoms with Gasteiger partial charge in [0.15, 0.2) is 5.82 Å². The number of likely N-dealkylation sites (N-methyl/N-ethyl adjacent to an activating group) is 1. The molecule has 0 radical (unpaired) electrons. The van der Waals surface area contributed by atoms with E-state index in [1.807, 2.05) is 48.3 Å². The third kappa shape index (κ3) is 3.43. The van der Waals surface area contributed by atoms with Crippen molar-refractivity contribution in [2.45, 2.75) is 0 Å². The molecule has 1 aromatic heterocycles. The highest BCUT2D eigenvalue weighted by Crippen LogP contribution is 2.21. The first-order valence-corrected chi connectivity index (χ1v) is 6.36. The molecule has 0 aliphatic carbocycles. The van der Waals surface area contributed by atoms with Crippen LogP contribution in [0.3, 0.4) is 0 Å². The third-order valence-corrected chi connectivity index (χ3v) is 2.91. The summed E-state index contributed by atoms with van der Waals surface area (Å²) in [6.45, 7) is 1.37. The number of nitrogens with two attached hydrogens (primary N) is 1. The number of rotatable bonds is 6. The van der Waals surface area contributed by atoms with Gasteiger partial charge in [-0.3, -0.25) is 0 Å². The van der Waals surface area contributed by atoms with E-state index in [4.69, 9.17) is 10.6 Å². The van der Waals surface area contributed by atoms with E-state index in [1.54, 1.807) is 7.11 Å². The Balaban J connectivity index is 2.34. The molecule has 0 bridgehead atoms. The maximum atomic E-state index is 5.48. The van der Waals surface area contributed by atoms with Gasteiger partial charge >= 0.3 is 0 Å². The van der Waals surface area contributed by atoms with Crippen LogP contribution in [0.5, 0.6) is 0 Å². The molecule has 106 valence electrons. The van der Waals surface area contributed by atoms with E-state index in [2.05, 4.69) is 15.4 Å². The Morgan fingerprint density at radius 3 is 2.65 bits per heavy atom. The van der Waals surface area contributed by atoms with Crippen molar-refractivity contribution in [3.8, 4) is 11.4 Å². The number of hydrazine groups is 1. The van der Waals surface area contributed by atoms with E-state index in [9.17, 15) is 0 Å².